The van der Waals surface area contributed by atoms with Crippen molar-refractivity contribution >= 4 is 10.2 Å². The highest BCUT2D eigenvalue weighted by Gasteiger charge is 1.99. The fourth-order valence-corrected chi connectivity index (χ4v) is 0.741. The lowest BCUT2D eigenvalue weighted by molar-refractivity contribution is 0.599. The molecule has 0 aliphatic carbocycles. The number of halogens is 1. The molecule has 0 spiro atoms. The summed E-state index contributed by atoms with van der Waals surface area (Å²) < 4.78 is 36.2. The highest BCUT2D eigenvalue weighted by Crippen LogP contribution is 1.92. The smallest absolute Gasteiger partial charge is 0.213 e. The van der Waals surface area contributed by atoms with Crippen LogP contribution in [0, 0.1) is 5.82 Å². The maximum atomic E-state index is 11.9. The Labute approximate surface area is 89.8 Å². The molecule has 8 nitrogen and oxygen atoms in total. The summed E-state index contributed by atoms with van der Waals surface area (Å²) >= 11 is 0. The lowest BCUT2D eigenvalue weighted by atomic mass is 10.4. The molecule has 16 heavy (non-hydrogen) atoms. The Morgan fingerprint density at radius 3 is 1.75 bits per heavy atom. The normalized spacial score (nSPS) is 8.81. The van der Waals surface area contributed by atoms with Crippen molar-refractivity contribution in [2.45, 2.75) is 0 Å². The van der Waals surface area contributed by atoms with Crippen LogP contribution in [0.3, 0.4) is 0 Å². The lowest BCUT2D eigenvalue weighted by Gasteiger charge is -1.78. The molecule has 0 bridgehead atoms. The van der Waals surface area contributed by atoms with E-state index in [1.54, 1.807) is 18.2 Å². The van der Waals surface area contributed by atoms with E-state index in [4.69, 9.17) is 11.1 Å². The van der Waals surface area contributed by atoms with Crippen LogP contribution in [0.15, 0.2) is 39.4 Å². The maximum absolute atomic E-state index is 11.9. The first-order valence-corrected chi connectivity index (χ1v) is 5.00. The van der Waals surface area contributed by atoms with Crippen molar-refractivity contribution in [2.75, 3.05) is 0 Å². The van der Waals surface area contributed by atoms with E-state index in [0.717, 1.165) is 0 Å². The third-order valence-corrected chi connectivity index (χ3v) is 1.57. The Kier molecular flexibility index (Phi) is 6.06. The van der Waals surface area contributed by atoms with Gasteiger partial charge in [0.25, 0.3) is 0 Å². The summed E-state index contributed by atoms with van der Waals surface area (Å²) in [6, 6.07) is 7.94. The SMILES string of the molecule is Fc1ccccc1.[N-]=[N+]=NS(=O)(=O)N=[N+]=[N-]. The number of hydrogen-bond acceptors (Lipinski definition) is 2. The topological polar surface area (TPSA) is 132 Å². The summed E-state index contributed by atoms with van der Waals surface area (Å²) in [5, 5.41) is 0. The molecule has 0 aromatic heterocycles. The average molecular weight is 244 g/mol. The van der Waals surface area contributed by atoms with Crippen LogP contribution in [0.25, 0.3) is 20.9 Å². The molecular weight excluding hydrogens is 239 g/mol. The Morgan fingerprint density at radius 1 is 1.06 bits per heavy atom. The second-order valence-electron chi connectivity index (χ2n) is 2.09. The van der Waals surface area contributed by atoms with E-state index in [-0.39, 0.29) is 5.82 Å². The molecule has 0 aliphatic rings. The molecule has 10 heteroatoms. The van der Waals surface area contributed by atoms with Gasteiger partial charge in [-0.25, -0.2) is 12.8 Å². The van der Waals surface area contributed by atoms with Gasteiger partial charge in [-0.05, 0) is 23.2 Å². The van der Waals surface area contributed by atoms with E-state index >= 15 is 0 Å². The Hall–Kier alpha value is -2.28. The van der Waals surface area contributed by atoms with E-state index < -0.39 is 10.2 Å². The Balaban J connectivity index is 0.000000288. The van der Waals surface area contributed by atoms with Crippen LogP contribution in [-0.2, 0) is 10.2 Å². The second-order valence-corrected chi connectivity index (χ2v) is 3.31. The van der Waals surface area contributed by atoms with Gasteiger partial charge in [0.15, 0.2) is 0 Å². The summed E-state index contributed by atoms with van der Waals surface area (Å²) in [6.45, 7) is 0. The van der Waals surface area contributed by atoms with Crippen LogP contribution >= 0.6 is 0 Å². The first-order chi connectivity index (χ1) is 7.52. The number of azide groups is 1. The van der Waals surface area contributed by atoms with E-state index in [9.17, 15) is 12.8 Å². The van der Waals surface area contributed by atoms with Crippen molar-refractivity contribution in [3.63, 3.8) is 0 Å². The van der Waals surface area contributed by atoms with Gasteiger partial charge in [0.05, 0.1) is 0 Å². The molecule has 1 rings (SSSR count). The molecule has 1 aromatic rings. The first kappa shape index (κ1) is 13.7. The summed E-state index contributed by atoms with van der Waals surface area (Å²) in [7, 11) is -4.27. The molecular formula is C6H5FN6O2S. The molecule has 0 saturated carbocycles. The van der Waals surface area contributed by atoms with Crippen LogP contribution in [0.5, 0.6) is 0 Å². The van der Waals surface area contributed by atoms with Gasteiger partial charge < -0.3 is 0 Å². The van der Waals surface area contributed by atoms with Crippen molar-refractivity contribution in [1.82, 2.24) is 0 Å². The van der Waals surface area contributed by atoms with Gasteiger partial charge >= 0.3 is 10.2 Å². The third-order valence-electron chi connectivity index (χ3n) is 1.01. The molecule has 0 aliphatic heterocycles. The van der Waals surface area contributed by atoms with E-state index in [2.05, 4.69) is 9.04 Å². The monoisotopic (exact) mass is 244 g/mol. The number of nitrogens with zero attached hydrogens (tertiary/aromatic N) is 6. The number of benzene rings is 1. The standard InChI is InChI=1S/C6H5F.N6O2S/c7-6-4-2-1-3-5-6;1-3-5-9(7,8)6-4-2/h1-5H;. The summed E-state index contributed by atoms with van der Waals surface area (Å²) in [6.07, 6.45) is 0. The second kappa shape index (κ2) is 7.07. The van der Waals surface area contributed by atoms with E-state index in [0.29, 0.717) is 0 Å². The highest BCUT2D eigenvalue weighted by molar-refractivity contribution is 7.88. The van der Waals surface area contributed by atoms with Crippen LogP contribution in [0.2, 0.25) is 0 Å². The number of hydrogen-bond donors (Lipinski definition) is 0. The van der Waals surface area contributed by atoms with Crippen molar-refractivity contribution in [3.05, 3.63) is 57.0 Å². The Morgan fingerprint density at radius 2 is 1.50 bits per heavy atom. The van der Waals surface area contributed by atoms with Crippen molar-refractivity contribution in [1.29, 1.82) is 0 Å². The molecule has 0 unspecified atom stereocenters. The van der Waals surface area contributed by atoms with Gasteiger partial charge in [-0.3, -0.25) is 0 Å². The first-order valence-electron chi connectivity index (χ1n) is 3.60. The van der Waals surface area contributed by atoms with E-state index in [1.165, 1.54) is 12.1 Å². The van der Waals surface area contributed by atoms with Gasteiger partial charge in [0, 0.05) is 18.9 Å². The zero-order chi connectivity index (χ0) is 12.4. The minimum absolute atomic E-state index is 0.178. The van der Waals surface area contributed by atoms with Gasteiger partial charge in [-0.1, -0.05) is 18.2 Å². The van der Waals surface area contributed by atoms with E-state index in [1.807, 2.05) is 9.82 Å². The quantitative estimate of drug-likeness (QED) is 0.449. The molecule has 0 N–H and O–H groups in total. The largest absolute Gasteiger partial charge is 0.321 e. The maximum Gasteiger partial charge on any atom is 0.321 e. The molecule has 0 heterocycles. The summed E-state index contributed by atoms with van der Waals surface area (Å²) in [5.74, 6) is -0.178. The molecule has 0 radical (unpaired) electrons. The molecule has 0 atom stereocenters. The van der Waals surface area contributed by atoms with Crippen LogP contribution in [0.1, 0.15) is 0 Å². The zero-order valence-electron chi connectivity index (χ0n) is 7.67. The minimum atomic E-state index is -4.27. The van der Waals surface area contributed by atoms with Crippen molar-refractivity contribution < 1.29 is 12.8 Å². The van der Waals surface area contributed by atoms with Crippen LogP contribution in [-0.4, -0.2) is 8.42 Å². The summed E-state index contributed by atoms with van der Waals surface area (Å²) in [4.78, 5) is 3.80. The number of rotatable bonds is 2. The van der Waals surface area contributed by atoms with Gasteiger partial charge in [-0.15, -0.1) is 0 Å². The van der Waals surface area contributed by atoms with Crippen LogP contribution < -0.4 is 0 Å². The Bertz CT molecular complexity index is 493. The minimum Gasteiger partial charge on any atom is -0.213 e. The fourth-order valence-electron chi connectivity index (χ4n) is 0.523. The third kappa shape index (κ3) is 7.15. The molecule has 0 fully saturated rings. The zero-order valence-corrected chi connectivity index (χ0v) is 8.49. The van der Waals surface area contributed by atoms with Crippen molar-refractivity contribution in [3.8, 4) is 0 Å². The molecule has 1 aromatic carbocycles. The predicted molar refractivity (Wildman–Crippen MR) is 53.6 cm³/mol. The van der Waals surface area contributed by atoms with Crippen molar-refractivity contribution in [2.24, 2.45) is 9.04 Å². The highest BCUT2D eigenvalue weighted by atomic mass is 32.2. The van der Waals surface area contributed by atoms with Gasteiger partial charge in [0.2, 0.25) is 0 Å². The van der Waals surface area contributed by atoms with Gasteiger partial charge in [-0.2, -0.15) is 0 Å². The van der Waals surface area contributed by atoms with Gasteiger partial charge in [0.1, 0.15) is 5.82 Å². The lowest BCUT2D eigenvalue weighted by Crippen LogP contribution is -1.82. The fraction of sp³-hybridized carbons (Fsp3) is 0. The molecule has 0 saturated heterocycles. The predicted octanol–water partition coefficient (Wildman–Crippen LogP) is 2.68. The summed E-state index contributed by atoms with van der Waals surface area (Å²) in [5.41, 5.74) is 15.0. The van der Waals surface area contributed by atoms with Crippen LogP contribution in [0.4, 0.5) is 4.39 Å². The average Bonchev–Trinajstić information content (AvgIpc) is 2.19. The molecule has 84 valence electrons. The molecule has 0 amide bonds.